The number of amides is 1. The molecule has 0 aliphatic heterocycles. The van der Waals surface area contributed by atoms with Gasteiger partial charge in [-0.2, -0.15) is 9.90 Å². The van der Waals surface area contributed by atoms with Gasteiger partial charge in [0.1, 0.15) is 12.3 Å². The Balaban J connectivity index is 1.73. The molecule has 0 unspecified atom stereocenters. The fourth-order valence-corrected chi connectivity index (χ4v) is 3.50. The first-order chi connectivity index (χ1) is 15.4. The van der Waals surface area contributed by atoms with Crippen molar-refractivity contribution in [3.8, 4) is 17.1 Å². The average Bonchev–Trinajstić information content (AvgIpc) is 3.15. The highest BCUT2D eigenvalue weighted by atomic mass is 35.5. The molecule has 8 nitrogen and oxygen atoms in total. The minimum absolute atomic E-state index is 0.148. The molecule has 0 saturated carbocycles. The van der Waals surface area contributed by atoms with E-state index in [1.165, 1.54) is 4.80 Å². The monoisotopic (exact) mass is 468 g/mol. The van der Waals surface area contributed by atoms with E-state index in [4.69, 9.17) is 11.6 Å². The minimum atomic E-state index is -0.403. The number of aromatic nitrogens is 4. The Kier molecular flexibility index (Phi) is 6.88. The second-order valence-corrected chi connectivity index (χ2v) is 10.3. The maximum Gasteiger partial charge on any atom is 0.263 e. The van der Waals surface area contributed by atoms with Crippen LogP contribution in [0.15, 0.2) is 41.5 Å². The van der Waals surface area contributed by atoms with Gasteiger partial charge in [-0.25, -0.2) is 5.43 Å². The molecule has 3 aromatic rings. The van der Waals surface area contributed by atoms with Gasteiger partial charge in [0.25, 0.3) is 5.91 Å². The van der Waals surface area contributed by atoms with Crippen LogP contribution in [0, 0.1) is 0 Å². The summed E-state index contributed by atoms with van der Waals surface area (Å²) >= 11 is 6.16. The van der Waals surface area contributed by atoms with Gasteiger partial charge in [0.05, 0.1) is 11.2 Å². The maximum absolute atomic E-state index is 12.3. The van der Waals surface area contributed by atoms with E-state index in [1.807, 2.05) is 65.8 Å². The molecule has 33 heavy (non-hydrogen) atoms. The fourth-order valence-electron chi connectivity index (χ4n) is 3.28. The quantitative estimate of drug-likeness (QED) is 0.425. The minimum Gasteiger partial charge on any atom is -0.507 e. The third-order valence-electron chi connectivity index (χ3n) is 5.00. The van der Waals surface area contributed by atoms with Crippen LogP contribution in [-0.2, 0) is 22.2 Å². The normalized spacial score (nSPS) is 12.3. The number of hydrogen-bond donors (Lipinski definition) is 2. The molecule has 0 aliphatic carbocycles. The topological polar surface area (TPSA) is 105 Å². The van der Waals surface area contributed by atoms with Crippen LogP contribution >= 0.6 is 11.6 Å². The number of rotatable bonds is 5. The van der Waals surface area contributed by atoms with Gasteiger partial charge < -0.3 is 5.11 Å². The van der Waals surface area contributed by atoms with E-state index in [9.17, 15) is 9.90 Å². The predicted molar refractivity (Wildman–Crippen MR) is 130 cm³/mol. The van der Waals surface area contributed by atoms with Crippen molar-refractivity contribution in [1.82, 2.24) is 25.6 Å². The van der Waals surface area contributed by atoms with Crippen molar-refractivity contribution in [3.05, 3.63) is 58.1 Å². The van der Waals surface area contributed by atoms with Gasteiger partial charge in [-0.15, -0.1) is 10.2 Å². The highest BCUT2D eigenvalue weighted by molar-refractivity contribution is 6.33. The highest BCUT2D eigenvalue weighted by Crippen LogP contribution is 2.39. The number of phenols is 1. The number of nitrogens with one attached hydrogen (secondary N) is 1. The van der Waals surface area contributed by atoms with Crippen LogP contribution in [0.25, 0.3) is 11.4 Å². The second-order valence-electron chi connectivity index (χ2n) is 9.88. The molecule has 0 saturated heterocycles. The van der Waals surface area contributed by atoms with Crippen LogP contribution in [0.5, 0.6) is 5.75 Å². The standard InChI is InChI=1S/C24H29ClN6O2/c1-23(2,3)17-11-15(12-18(21(17)33)24(4,5)6)13-26-27-20(32)14-31-29-22(28-30-31)16-9-7-8-10-19(16)25/h7-13,33H,14H2,1-6H3,(H,27,32)/b26-13-. The lowest BCUT2D eigenvalue weighted by Crippen LogP contribution is -2.24. The molecule has 2 aromatic carbocycles. The first-order valence-electron chi connectivity index (χ1n) is 10.6. The van der Waals surface area contributed by atoms with Crippen LogP contribution in [0.2, 0.25) is 5.02 Å². The molecule has 0 radical (unpaired) electrons. The van der Waals surface area contributed by atoms with E-state index in [-0.39, 0.29) is 17.4 Å². The van der Waals surface area contributed by atoms with Gasteiger partial charge >= 0.3 is 0 Å². The summed E-state index contributed by atoms with van der Waals surface area (Å²) in [5.74, 6) is 0.230. The number of carbonyl (C=O) groups is 1. The molecule has 3 rings (SSSR count). The SMILES string of the molecule is CC(C)(C)c1cc(/C=N\NC(=O)Cn2nnc(-c3ccccc3Cl)n2)cc(C(C)(C)C)c1O. The molecule has 2 N–H and O–H groups in total. The van der Waals surface area contributed by atoms with E-state index in [0.29, 0.717) is 22.2 Å². The molecule has 1 aromatic heterocycles. The van der Waals surface area contributed by atoms with Gasteiger partial charge in [-0.05, 0) is 45.9 Å². The molecule has 0 fully saturated rings. The number of tetrazole rings is 1. The van der Waals surface area contributed by atoms with E-state index >= 15 is 0 Å². The molecule has 0 spiro atoms. The molecule has 1 amide bonds. The zero-order valence-corrected chi connectivity index (χ0v) is 20.5. The summed E-state index contributed by atoms with van der Waals surface area (Å²) < 4.78 is 0. The summed E-state index contributed by atoms with van der Waals surface area (Å²) in [5.41, 5.74) is 5.04. The third-order valence-corrected chi connectivity index (χ3v) is 5.33. The Morgan fingerprint density at radius 3 is 2.30 bits per heavy atom. The predicted octanol–water partition coefficient (Wildman–Crippen LogP) is 4.44. The van der Waals surface area contributed by atoms with E-state index in [0.717, 1.165) is 16.7 Å². The van der Waals surface area contributed by atoms with E-state index in [2.05, 4.69) is 25.9 Å². The smallest absolute Gasteiger partial charge is 0.263 e. The van der Waals surface area contributed by atoms with Gasteiger partial charge in [-0.3, -0.25) is 4.79 Å². The molecule has 1 heterocycles. The Hall–Kier alpha value is -3.26. The van der Waals surface area contributed by atoms with Crippen molar-refractivity contribution in [2.45, 2.75) is 58.9 Å². The molecule has 0 atom stereocenters. The molecular weight excluding hydrogens is 440 g/mol. The number of halogens is 1. The van der Waals surface area contributed by atoms with Crippen LogP contribution < -0.4 is 5.43 Å². The lowest BCUT2D eigenvalue weighted by molar-refractivity contribution is -0.122. The third kappa shape index (κ3) is 5.96. The van der Waals surface area contributed by atoms with Crippen LogP contribution in [0.3, 0.4) is 0 Å². The Bertz CT molecular complexity index is 1150. The number of hydrogen-bond acceptors (Lipinski definition) is 6. The zero-order chi connectivity index (χ0) is 24.4. The van der Waals surface area contributed by atoms with Gasteiger partial charge in [0.2, 0.25) is 5.82 Å². The maximum atomic E-state index is 12.3. The molecule has 174 valence electrons. The van der Waals surface area contributed by atoms with Crippen LogP contribution in [0.4, 0.5) is 0 Å². The summed E-state index contributed by atoms with van der Waals surface area (Å²) in [4.78, 5) is 13.5. The van der Waals surface area contributed by atoms with Crippen molar-refractivity contribution in [2.75, 3.05) is 0 Å². The molecule has 0 bridgehead atoms. The second kappa shape index (κ2) is 9.31. The summed E-state index contributed by atoms with van der Waals surface area (Å²) in [6.45, 7) is 12.1. The summed E-state index contributed by atoms with van der Waals surface area (Å²) in [6.07, 6.45) is 1.56. The lowest BCUT2D eigenvalue weighted by atomic mass is 9.78. The van der Waals surface area contributed by atoms with Crippen molar-refractivity contribution >= 4 is 23.7 Å². The first-order valence-corrected chi connectivity index (χ1v) is 11.0. The highest BCUT2D eigenvalue weighted by Gasteiger charge is 2.26. The fraction of sp³-hybridized carbons (Fsp3) is 0.375. The van der Waals surface area contributed by atoms with Crippen molar-refractivity contribution in [2.24, 2.45) is 5.10 Å². The van der Waals surface area contributed by atoms with Gasteiger partial charge in [-0.1, -0.05) is 65.3 Å². The number of hydrazone groups is 1. The Morgan fingerprint density at radius 2 is 1.73 bits per heavy atom. The lowest BCUT2D eigenvalue weighted by Gasteiger charge is -2.27. The van der Waals surface area contributed by atoms with E-state index < -0.39 is 5.91 Å². The van der Waals surface area contributed by atoms with Crippen molar-refractivity contribution < 1.29 is 9.90 Å². The van der Waals surface area contributed by atoms with Crippen molar-refractivity contribution in [3.63, 3.8) is 0 Å². The summed E-state index contributed by atoms with van der Waals surface area (Å²) in [7, 11) is 0. The summed E-state index contributed by atoms with van der Waals surface area (Å²) in [5, 5.41) is 27.5. The Morgan fingerprint density at radius 1 is 1.12 bits per heavy atom. The van der Waals surface area contributed by atoms with Crippen LogP contribution in [-0.4, -0.2) is 37.4 Å². The zero-order valence-electron chi connectivity index (χ0n) is 19.7. The number of carbonyl (C=O) groups excluding carboxylic acids is 1. The molecular formula is C24H29ClN6O2. The molecule has 9 heteroatoms. The van der Waals surface area contributed by atoms with Gasteiger partial charge in [0.15, 0.2) is 0 Å². The van der Waals surface area contributed by atoms with Crippen molar-refractivity contribution in [1.29, 1.82) is 0 Å². The Labute approximate surface area is 198 Å². The largest absolute Gasteiger partial charge is 0.507 e. The average molecular weight is 469 g/mol. The van der Waals surface area contributed by atoms with Crippen LogP contribution in [0.1, 0.15) is 58.2 Å². The first kappa shape index (κ1) is 24.4. The number of aromatic hydroxyl groups is 1. The van der Waals surface area contributed by atoms with Gasteiger partial charge in [0, 0.05) is 16.7 Å². The van der Waals surface area contributed by atoms with E-state index in [1.54, 1.807) is 18.3 Å². The number of benzene rings is 2. The number of phenolic OH excluding ortho intramolecular Hbond substituents is 1. The number of nitrogens with zero attached hydrogens (tertiary/aromatic N) is 5. The molecule has 0 aliphatic rings. The summed E-state index contributed by atoms with van der Waals surface area (Å²) in [6, 6.07) is 10.9.